The summed E-state index contributed by atoms with van der Waals surface area (Å²) in [5, 5.41) is 34.2. The number of alkyl carbamates (subject to hydrolysis) is 1. The van der Waals surface area contributed by atoms with Gasteiger partial charge in [0, 0.05) is 18.2 Å². The lowest BCUT2D eigenvalue weighted by Crippen LogP contribution is -2.49. The molecule has 5 aromatic rings. The highest BCUT2D eigenvalue weighted by Gasteiger charge is 2.28. The monoisotopic (exact) mass is 1020 g/mol. The molecule has 0 saturated heterocycles. The molecule has 71 heavy (non-hydrogen) atoms. The van der Waals surface area contributed by atoms with Crippen molar-refractivity contribution >= 4 is 80.5 Å². The zero-order valence-corrected chi connectivity index (χ0v) is 40.8. The Labute approximate surface area is 412 Å². The van der Waals surface area contributed by atoms with E-state index in [0.717, 1.165) is 49.0 Å². The van der Waals surface area contributed by atoms with Gasteiger partial charge in [0.2, 0.25) is 11.8 Å². The second-order valence-electron chi connectivity index (χ2n) is 16.0. The third-order valence-corrected chi connectivity index (χ3v) is 11.2. The molecule has 8 N–H and O–H groups in total. The maximum absolute atomic E-state index is 13.4. The summed E-state index contributed by atoms with van der Waals surface area (Å²) in [6, 6.07) is 12.2. The molecule has 0 unspecified atom stereocenters. The number of nitrogens with one attached hydrogen (secondary N) is 6. The topological polar surface area (TPSA) is 303 Å². The molecule has 3 aromatic carbocycles. The first-order valence-corrected chi connectivity index (χ1v) is 22.7. The lowest BCUT2D eigenvalue weighted by atomic mass is 10.1. The van der Waals surface area contributed by atoms with E-state index < -0.39 is 77.5 Å². The minimum Gasteiger partial charge on any atom is -0.508 e. The summed E-state index contributed by atoms with van der Waals surface area (Å²) in [6.45, 7) is 7.52. The van der Waals surface area contributed by atoms with Crippen molar-refractivity contribution in [3.05, 3.63) is 116 Å². The Morgan fingerprint density at radius 2 is 1.06 bits per heavy atom. The number of esters is 2. The van der Waals surface area contributed by atoms with Crippen LogP contribution < -0.4 is 31.9 Å². The van der Waals surface area contributed by atoms with Gasteiger partial charge >= 0.3 is 18.0 Å². The molecule has 6 amide bonds. The van der Waals surface area contributed by atoms with Crippen LogP contribution in [0.15, 0.2) is 66.7 Å². The second kappa shape index (κ2) is 25.5. The van der Waals surface area contributed by atoms with Crippen LogP contribution in [-0.4, -0.2) is 113 Å². The number of nitrogens with zero attached hydrogens (tertiary/aromatic N) is 2. The van der Waals surface area contributed by atoms with Crippen molar-refractivity contribution in [1.29, 1.82) is 0 Å². The Morgan fingerprint density at radius 3 is 1.45 bits per heavy atom. The number of carbonyl (C=O) groups is 8. The van der Waals surface area contributed by atoms with Gasteiger partial charge in [0.25, 0.3) is 17.7 Å². The van der Waals surface area contributed by atoms with E-state index in [1.807, 2.05) is 0 Å². The van der Waals surface area contributed by atoms with Crippen molar-refractivity contribution in [3.8, 4) is 11.5 Å². The van der Waals surface area contributed by atoms with Crippen LogP contribution in [0.2, 0.25) is 0 Å². The van der Waals surface area contributed by atoms with Crippen LogP contribution in [-0.2, 0) is 46.2 Å². The molecule has 0 radical (unpaired) electrons. The number of aromatic hydroxyl groups is 2. The van der Waals surface area contributed by atoms with Crippen LogP contribution >= 0.6 is 22.7 Å². The van der Waals surface area contributed by atoms with Crippen molar-refractivity contribution in [2.24, 2.45) is 0 Å². The smallest absolute Gasteiger partial charge is 0.407 e. The van der Waals surface area contributed by atoms with Gasteiger partial charge in [0.1, 0.15) is 50.6 Å². The summed E-state index contributed by atoms with van der Waals surface area (Å²) in [7, 11) is 2.25. The number of phenols is 2. The quantitative estimate of drug-likeness (QED) is 0.0471. The molecule has 2 aromatic heterocycles. The van der Waals surface area contributed by atoms with Crippen LogP contribution in [0.4, 0.5) is 23.8 Å². The van der Waals surface area contributed by atoms with Crippen molar-refractivity contribution in [2.45, 2.75) is 65.1 Å². The molecule has 378 valence electrons. The van der Waals surface area contributed by atoms with E-state index in [1.54, 1.807) is 52.0 Å². The van der Waals surface area contributed by atoms with Crippen LogP contribution in [0.5, 0.6) is 11.5 Å². The summed E-state index contributed by atoms with van der Waals surface area (Å²) >= 11 is 1.80. The van der Waals surface area contributed by atoms with Gasteiger partial charge in [0.15, 0.2) is 10.3 Å². The number of ether oxygens (including phenoxy) is 3. The summed E-state index contributed by atoms with van der Waals surface area (Å²) in [6.07, 6.45) is -0.773. The first-order chi connectivity index (χ1) is 33.4. The number of aryl methyl sites for hydroxylation is 2. The van der Waals surface area contributed by atoms with Gasteiger partial charge in [-0.05, 0) is 82.1 Å². The molecule has 25 heteroatoms. The maximum atomic E-state index is 13.4. The third-order valence-electron chi connectivity index (χ3n) is 9.07. The standard InChI is InChI=1S/C24H22F2N4O6S.C22H28N4O7S/c1-12-20(37-24(28-12)30-19(32)7-13-4-3-5-17(31)6-13)22(34)29-18(23(35)36-2)11-27-21(33)14-8-15(25)10-16(26)9-14;1-12-17(34-20(24-12)26-16(28)10-13-7-6-8-14(27)9-13)18(29)25-15(19(30)32-5)11-23-21(31)33-22(2,3)4/h3-6,8-10,18,31H,7,11H2,1-2H3,(H,27,33)(H,29,34)(H,28,30,32);6-9,15,27H,10-11H2,1-5H3,(H,23,31)(H,25,29)(H,24,26,28)/t18-;15-/m00/s1. The number of hydrogen-bond donors (Lipinski definition) is 8. The van der Waals surface area contributed by atoms with Gasteiger partial charge in [0.05, 0.1) is 45.0 Å². The number of phenolic OH excluding ortho intramolecular Hbond substituents is 2. The van der Waals surface area contributed by atoms with Crippen molar-refractivity contribution in [3.63, 3.8) is 0 Å². The SMILES string of the molecule is COC(=O)[C@H](CNC(=O)OC(C)(C)C)NC(=O)c1sc(NC(=O)Cc2cccc(O)c2)nc1C.COC(=O)[C@H](CNC(=O)c1cc(F)cc(F)c1)NC(=O)c1sc(NC(=O)Cc2cccc(O)c2)nc1C. The molecular weight excluding hydrogens is 975 g/mol. The third kappa shape index (κ3) is 18.1. The van der Waals surface area contributed by atoms with E-state index in [-0.39, 0.29) is 68.1 Å². The number of benzene rings is 3. The largest absolute Gasteiger partial charge is 0.508 e. The highest BCUT2D eigenvalue weighted by atomic mass is 32.1. The zero-order valence-electron chi connectivity index (χ0n) is 39.2. The lowest BCUT2D eigenvalue weighted by molar-refractivity contribution is -0.143. The minimum absolute atomic E-state index is 0.00923. The van der Waals surface area contributed by atoms with E-state index in [0.29, 0.717) is 22.9 Å². The summed E-state index contributed by atoms with van der Waals surface area (Å²) < 4.78 is 41.3. The average Bonchev–Trinajstić information content (AvgIpc) is 3.84. The summed E-state index contributed by atoms with van der Waals surface area (Å²) in [5.74, 6) is -6.46. The predicted octanol–water partition coefficient (Wildman–Crippen LogP) is 4.45. The molecule has 0 aliphatic rings. The number of aromatic nitrogens is 2. The predicted molar refractivity (Wildman–Crippen MR) is 254 cm³/mol. The molecule has 0 spiro atoms. The van der Waals surface area contributed by atoms with Gasteiger partial charge in [-0.3, -0.25) is 24.0 Å². The fourth-order valence-electron chi connectivity index (χ4n) is 5.95. The Kier molecular flexibility index (Phi) is 20.0. The number of hydrogen-bond acceptors (Lipinski definition) is 17. The fraction of sp³-hybridized carbons (Fsp3) is 0.304. The number of thiazole rings is 2. The molecule has 0 saturated carbocycles. The first kappa shape index (κ1) is 55.5. The highest BCUT2D eigenvalue weighted by molar-refractivity contribution is 7.18. The van der Waals surface area contributed by atoms with E-state index in [4.69, 9.17) is 9.47 Å². The second-order valence-corrected chi connectivity index (χ2v) is 18.0. The molecule has 2 heterocycles. The Bertz CT molecular complexity index is 2760. The van der Waals surface area contributed by atoms with E-state index in [1.165, 1.54) is 31.2 Å². The van der Waals surface area contributed by atoms with E-state index >= 15 is 0 Å². The number of rotatable bonds is 17. The average molecular weight is 1030 g/mol. The van der Waals surface area contributed by atoms with Gasteiger partial charge in [-0.25, -0.2) is 33.1 Å². The molecule has 0 bridgehead atoms. The number of methoxy groups -OCH3 is 2. The Morgan fingerprint density at radius 1 is 0.634 bits per heavy atom. The Hall–Kier alpha value is -8.06. The normalized spacial score (nSPS) is 11.6. The van der Waals surface area contributed by atoms with Crippen LogP contribution in [0.3, 0.4) is 0 Å². The minimum atomic E-state index is -1.33. The molecule has 0 aliphatic heterocycles. The molecule has 2 atom stereocenters. The van der Waals surface area contributed by atoms with Crippen LogP contribution in [0.25, 0.3) is 0 Å². The van der Waals surface area contributed by atoms with E-state index in [2.05, 4.69) is 46.6 Å². The van der Waals surface area contributed by atoms with Crippen molar-refractivity contribution in [2.75, 3.05) is 37.9 Å². The number of anilines is 2. The Balaban J connectivity index is 0.000000310. The molecule has 0 fully saturated rings. The first-order valence-electron chi connectivity index (χ1n) is 21.0. The highest BCUT2D eigenvalue weighted by Crippen LogP contribution is 2.25. The van der Waals surface area contributed by atoms with Crippen molar-refractivity contribution in [1.82, 2.24) is 31.2 Å². The lowest BCUT2D eigenvalue weighted by Gasteiger charge is -2.21. The fourth-order valence-corrected chi connectivity index (χ4v) is 7.72. The zero-order chi connectivity index (χ0) is 52.6. The van der Waals surface area contributed by atoms with Gasteiger partial charge in [-0.1, -0.05) is 46.9 Å². The van der Waals surface area contributed by atoms with Gasteiger partial charge < -0.3 is 56.3 Å². The van der Waals surface area contributed by atoms with Crippen molar-refractivity contribution < 1.29 is 71.6 Å². The summed E-state index contributed by atoms with van der Waals surface area (Å²) in [4.78, 5) is 107. The van der Waals surface area contributed by atoms with Crippen LogP contribution in [0.1, 0.15) is 73.0 Å². The maximum Gasteiger partial charge on any atom is 0.407 e. The molecule has 5 rings (SSSR count). The number of halogens is 2. The van der Waals surface area contributed by atoms with Gasteiger partial charge in [-0.15, -0.1) is 0 Å². The molecule has 21 nitrogen and oxygen atoms in total. The molecular formula is C46H50F2N8O13S2. The number of carbonyl (C=O) groups excluding carboxylic acids is 8. The van der Waals surface area contributed by atoms with Gasteiger partial charge in [-0.2, -0.15) is 0 Å². The van der Waals surface area contributed by atoms with E-state index in [9.17, 15) is 57.4 Å². The summed E-state index contributed by atoms with van der Waals surface area (Å²) in [5.41, 5.74) is 0.777. The number of amides is 6. The molecule has 0 aliphatic carbocycles. The van der Waals surface area contributed by atoms with Crippen LogP contribution in [0, 0.1) is 25.5 Å².